The van der Waals surface area contributed by atoms with Crippen molar-refractivity contribution in [2.24, 2.45) is 5.10 Å². The van der Waals surface area contributed by atoms with Crippen LogP contribution in [0.25, 0.3) is 27.6 Å². The molecule has 1 amide bonds. The molecule has 0 aliphatic carbocycles. The lowest BCUT2D eigenvalue weighted by molar-refractivity contribution is -0.116. The van der Waals surface area contributed by atoms with Gasteiger partial charge in [0.05, 0.1) is 13.3 Å². The number of ether oxygens (including phenoxy) is 1. The van der Waals surface area contributed by atoms with E-state index in [-0.39, 0.29) is 5.91 Å². The summed E-state index contributed by atoms with van der Waals surface area (Å²) in [6, 6.07) is 26.0. The van der Waals surface area contributed by atoms with Crippen LogP contribution in [0.4, 0.5) is 0 Å². The number of benzene rings is 4. The van der Waals surface area contributed by atoms with Gasteiger partial charge >= 0.3 is 0 Å². The Morgan fingerprint density at radius 2 is 1.52 bits per heavy atom. The van der Waals surface area contributed by atoms with Gasteiger partial charge < -0.3 is 4.74 Å². The lowest BCUT2D eigenvalue weighted by atomic mass is 9.97. The predicted octanol–water partition coefficient (Wildman–Crippen LogP) is 5.17. The first-order valence-corrected chi connectivity index (χ1v) is 9.30. The third-order valence-corrected chi connectivity index (χ3v) is 4.72. The van der Waals surface area contributed by atoms with Crippen molar-refractivity contribution in [3.05, 3.63) is 96.1 Å². The van der Waals surface area contributed by atoms with E-state index < -0.39 is 0 Å². The second kappa shape index (κ2) is 8.40. The fourth-order valence-corrected chi connectivity index (χ4v) is 3.27. The number of amides is 1. The minimum Gasteiger partial charge on any atom is -0.497 e. The van der Waals surface area contributed by atoms with Crippen molar-refractivity contribution in [3.8, 4) is 5.75 Å². The summed E-state index contributed by atoms with van der Waals surface area (Å²) in [7, 11) is 1.62. The highest BCUT2D eigenvalue weighted by Crippen LogP contribution is 2.27. The zero-order valence-electron chi connectivity index (χ0n) is 16.0. The van der Waals surface area contributed by atoms with Gasteiger partial charge in [0, 0.05) is 11.6 Å². The van der Waals surface area contributed by atoms with E-state index in [1.165, 1.54) is 6.08 Å². The third-order valence-electron chi connectivity index (χ3n) is 4.72. The third kappa shape index (κ3) is 4.17. The van der Waals surface area contributed by atoms with Crippen LogP contribution in [0.1, 0.15) is 11.1 Å². The van der Waals surface area contributed by atoms with Crippen LogP contribution in [0.15, 0.2) is 90.0 Å². The molecule has 142 valence electrons. The monoisotopic (exact) mass is 380 g/mol. The Bertz CT molecular complexity index is 1170. The lowest BCUT2D eigenvalue weighted by Gasteiger charge is -2.07. The normalized spacial score (nSPS) is 11.5. The number of hydrazone groups is 1. The fourth-order valence-electron chi connectivity index (χ4n) is 3.27. The number of hydrogen-bond acceptors (Lipinski definition) is 3. The maximum absolute atomic E-state index is 12.1. The SMILES string of the molecule is COc1ccc(/C=C/C(=O)N/N=C\c2c3ccccc3cc3ccccc23)cc1. The van der Waals surface area contributed by atoms with Gasteiger partial charge in [-0.2, -0.15) is 5.10 Å². The molecule has 0 spiro atoms. The molecule has 0 saturated carbocycles. The Morgan fingerprint density at radius 1 is 0.897 bits per heavy atom. The second-order valence-corrected chi connectivity index (χ2v) is 6.57. The van der Waals surface area contributed by atoms with Crippen LogP contribution in [0, 0.1) is 0 Å². The van der Waals surface area contributed by atoms with Crippen LogP contribution in [-0.2, 0) is 4.79 Å². The molecule has 0 atom stereocenters. The van der Waals surface area contributed by atoms with E-state index in [1.807, 2.05) is 48.5 Å². The molecule has 0 fully saturated rings. The first kappa shape index (κ1) is 18.4. The van der Waals surface area contributed by atoms with Gasteiger partial charge in [0.2, 0.25) is 0 Å². The highest BCUT2D eigenvalue weighted by atomic mass is 16.5. The van der Waals surface area contributed by atoms with Crippen LogP contribution in [0.3, 0.4) is 0 Å². The first-order valence-electron chi connectivity index (χ1n) is 9.30. The summed E-state index contributed by atoms with van der Waals surface area (Å²) in [5.74, 6) is 0.486. The smallest absolute Gasteiger partial charge is 0.264 e. The molecule has 4 aromatic rings. The molecule has 0 aliphatic heterocycles. The molecule has 4 nitrogen and oxygen atoms in total. The summed E-state index contributed by atoms with van der Waals surface area (Å²) in [4.78, 5) is 12.1. The molecule has 0 bridgehead atoms. The summed E-state index contributed by atoms with van der Waals surface area (Å²) in [5, 5.41) is 8.65. The van der Waals surface area contributed by atoms with Gasteiger partial charge in [-0.3, -0.25) is 4.79 Å². The minimum absolute atomic E-state index is 0.290. The van der Waals surface area contributed by atoms with Gasteiger partial charge in [-0.1, -0.05) is 60.7 Å². The zero-order valence-corrected chi connectivity index (χ0v) is 16.0. The highest BCUT2D eigenvalue weighted by molar-refractivity contribution is 6.13. The van der Waals surface area contributed by atoms with Crippen LogP contribution >= 0.6 is 0 Å². The van der Waals surface area contributed by atoms with E-state index in [0.717, 1.165) is 38.4 Å². The standard InChI is InChI=1S/C25H20N2O2/c1-29-21-13-10-18(11-14-21)12-15-25(28)27-26-17-24-22-8-4-2-6-19(22)16-20-7-3-5-9-23(20)24/h2-17H,1H3,(H,27,28)/b15-12+,26-17-. The number of fused-ring (bicyclic) bond motifs is 2. The van der Waals surface area contributed by atoms with E-state index in [9.17, 15) is 4.79 Å². The van der Waals surface area contributed by atoms with E-state index in [1.54, 1.807) is 19.4 Å². The molecule has 4 aromatic carbocycles. The van der Waals surface area contributed by atoms with E-state index in [4.69, 9.17) is 4.74 Å². The number of carbonyl (C=O) groups excluding carboxylic acids is 1. The molecule has 4 rings (SSSR count). The summed E-state index contributed by atoms with van der Waals surface area (Å²) < 4.78 is 5.13. The maximum Gasteiger partial charge on any atom is 0.264 e. The van der Waals surface area contributed by atoms with Crippen LogP contribution in [-0.4, -0.2) is 19.2 Å². The van der Waals surface area contributed by atoms with Gasteiger partial charge in [-0.25, -0.2) is 5.43 Å². The molecule has 29 heavy (non-hydrogen) atoms. The largest absolute Gasteiger partial charge is 0.497 e. The zero-order chi connectivity index (χ0) is 20.1. The quantitative estimate of drug-likeness (QED) is 0.225. The first-order chi connectivity index (χ1) is 14.2. The van der Waals surface area contributed by atoms with Gasteiger partial charge in [0.15, 0.2) is 0 Å². The van der Waals surface area contributed by atoms with E-state index in [2.05, 4.69) is 40.9 Å². The predicted molar refractivity (Wildman–Crippen MR) is 119 cm³/mol. The maximum atomic E-state index is 12.1. The number of nitrogens with zero attached hydrogens (tertiary/aromatic N) is 1. The summed E-state index contributed by atoms with van der Waals surface area (Å²) in [6.45, 7) is 0. The minimum atomic E-state index is -0.290. The van der Waals surface area contributed by atoms with Crippen molar-refractivity contribution in [2.45, 2.75) is 0 Å². The number of methoxy groups -OCH3 is 1. The number of nitrogens with one attached hydrogen (secondary N) is 1. The number of hydrogen-bond donors (Lipinski definition) is 1. The summed E-state index contributed by atoms with van der Waals surface area (Å²) in [5.41, 5.74) is 4.46. The van der Waals surface area contributed by atoms with Crippen molar-refractivity contribution in [2.75, 3.05) is 7.11 Å². The Balaban J connectivity index is 1.54. The van der Waals surface area contributed by atoms with Gasteiger partial charge in [-0.15, -0.1) is 0 Å². The van der Waals surface area contributed by atoms with Crippen molar-refractivity contribution >= 4 is 39.7 Å². The Morgan fingerprint density at radius 3 is 2.14 bits per heavy atom. The molecular weight excluding hydrogens is 360 g/mol. The Kier molecular flexibility index (Phi) is 5.34. The van der Waals surface area contributed by atoms with Crippen molar-refractivity contribution in [3.63, 3.8) is 0 Å². The van der Waals surface area contributed by atoms with Gasteiger partial charge in [-0.05, 0) is 51.4 Å². The van der Waals surface area contributed by atoms with Crippen LogP contribution in [0.5, 0.6) is 5.75 Å². The highest BCUT2D eigenvalue weighted by Gasteiger charge is 2.05. The molecule has 0 saturated heterocycles. The number of rotatable bonds is 5. The fraction of sp³-hybridized carbons (Fsp3) is 0.0400. The van der Waals surface area contributed by atoms with Crippen LogP contribution in [0.2, 0.25) is 0 Å². The van der Waals surface area contributed by atoms with E-state index in [0.29, 0.717) is 0 Å². The molecule has 0 heterocycles. The molecule has 0 unspecified atom stereocenters. The number of carbonyl (C=O) groups is 1. The second-order valence-electron chi connectivity index (χ2n) is 6.57. The van der Waals surface area contributed by atoms with Crippen molar-refractivity contribution < 1.29 is 9.53 Å². The topological polar surface area (TPSA) is 50.7 Å². The Labute approximate surface area is 169 Å². The van der Waals surface area contributed by atoms with E-state index >= 15 is 0 Å². The van der Waals surface area contributed by atoms with Crippen molar-refractivity contribution in [1.82, 2.24) is 5.43 Å². The average Bonchev–Trinajstić information content (AvgIpc) is 2.77. The average molecular weight is 380 g/mol. The van der Waals surface area contributed by atoms with Gasteiger partial charge in [0.1, 0.15) is 5.75 Å². The summed E-state index contributed by atoms with van der Waals surface area (Å²) in [6.07, 6.45) is 4.90. The molecule has 0 radical (unpaired) electrons. The van der Waals surface area contributed by atoms with Crippen molar-refractivity contribution in [1.29, 1.82) is 0 Å². The lowest BCUT2D eigenvalue weighted by Crippen LogP contribution is -2.14. The summed E-state index contributed by atoms with van der Waals surface area (Å²) >= 11 is 0. The molecular formula is C25H20N2O2. The van der Waals surface area contributed by atoms with Gasteiger partial charge in [0.25, 0.3) is 5.91 Å². The molecule has 0 aliphatic rings. The molecule has 0 aromatic heterocycles. The van der Waals surface area contributed by atoms with Crippen LogP contribution < -0.4 is 10.2 Å². The molecule has 4 heteroatoms. The molecule has 1 N–H and O–H groups in total. The Hall–Kier alpha value is -3.92.